The number of benzene rings is 3. The van der Waals surface area contributed by atoms with Crippen LogP contribution in [0.5, 0.6) is 0 Å². The van der Waals surface area contributed by atoms with Crippen molar-refractivity contribution < 1.29 is 9.59 Å². The molecule has 0 aliphatic carbocycles. The second-order valence-electron chi connectivity index (χ2n) is 10.1. The highest BCUT2D eigenvalue weighted by Gasteiger charge is 2.34. The van der Waals surface area contributed by atoms with Crippen LogP contribution in [0.3, 0.4) is 0 Å². The van der Waals surface area contributed by atoms with E-state index in [2.05, 4.69) is 17.1 Å². The number of pyridine rings is 1. The van der Waals surface area contributed by atoms with Crippen molar-refractivity contribution in [1.29, 1.82) is 0 Å². The predicted molar refractivity (Wildman–Crippen MR) is 154 cm³/mol. The smallest absolute Gasteiger partial charge is 0.247 e. The van der Waals surface area contributed by atoms with Crippen molar-refractivity contribution in [3.63, 3.8) is 0 Å². The van der Waals surface area contributed by atoms with E-state index in [-0.39, 0.29) is 11.8 Å². The largest absolute Gasteiger partial charge is 0.336 e. The van der Waals surface area contributed by atoms with Crippen LogP contribution in [0.25, 0.3) is 6.08 Å². The molecule has 1 aliphatic heterocycles. The minimum Gasteiger partial charge on any atom is -0.336 e. The highest BCUT2D eigenvalue weighted by Crippen LogP contribution is 2.23. The normalized spacial score (nSPS) is 13.6. The number of hydrogen-bond donors (Lipinski definition) is 0. The zero-order chi connectivity index (χ0) is 27.0. The van der Waals surface area contributed by atoms with Crippen LogP contribution in [-0.4, -0.2) is 39.2 Å². The summed E-state index contributed by atoms with van der Waals surface area (Å²) in [4.78, 5) is 36.0. The van der Waals surface area contributed by atoms with Crippen molar-refractivity contribution >= 4 is 17.9 Å². The van der Waals surface area contributed by atoms with E-state index in [0.29, 0.717) is 26.1 Å². The fraction of sp³-hybridized carbons (Fsp3) is 0.206. The van der Waals surface area contributed by atoms with E-state index in [1.54, 1.807) is 23.4 Å². The van der Waals surface area contributed by atoms with Gasteiger partial charge >= 0.3 is 0 Å². The Kier molecular flexibility index (Phi) is 8.27. The van der Waals surface area contributed by atoms with Crippen LogP contribution in [0, 0.1) is 6.92 Å². The van der Waals surface area contributed by atoms with Gasteiger partial charge < -0.3 is 9.80 Å². The molecule has 0 bridgehead atoms. The Balaban J connectivity index is 1.48. The van der Waals surface area contributed by atoms with Crippen LogP contribution in [0.15, 0.2) is 109 Å². The summed E-state index contributed by atoms with van der Waals surface area (Å²) in [5.74, 6) is -0.236. The molecule has 0 spiro atoms. The van der Waals surface area contributed by atoms with E-state index in [1.807, 2.05) is 96.8 Å². The lowest BCUT2D eigenvalue weighted by atomic mass is 9.97. The fourth-order valence-corrected chi connectivity index (χ4v) is 5.03. The van der Waals surface area contributed by atoms with E-state index < -0.39 is 6.04 Å². The second kappa shape index (κ2) is 12.4. The molecule has 5 rings (SSSR count). The molecule has 5 nitrogen and oxygen atoms in total. The van der Waals surface area contributed by atoms with Gasteiger partial charge in [-0.15, -0.1) is 0 Å². The van der Waals surface area contributed by atoms with Crippen LogP contribution in [0.1, 0.15) is 33.4 Å². The Morgan fingerprint density at radius 1 is 0.897 bits per heavy atom. The van der Waals surface area contributed by atoms with Crippen LogP contribution < -0.4 is 0 Å². The third-order valence-corrected chi connectivity index (χ3v) is 7.23. The van der Waals surface area contributed by atoms with Crippen molar-refractivity contribution in [1.82, 2.24) is 14.8 Å². The van der Waals surface area contributed by atoms with Gasteiger partial charge in [-0.25, -0.2) is 0 Å². The Morgan fingerprint density at radius 3 is 2.36 bits per heavy atom. The molecular formula is C34H33N3O2. The summed E-state index contributed by atoms with van der Waals surface area (Å²) in [6.07, 6.45) is 8.11. The van der Waals surface area contributed by atoms with Gasteiger partial charge in [0.25, 0.3) is 0 Å². The number of carbonyl (C=O) groups is 2. The molecule has 39 heavy (non-hydrogen) atoms. The van der Waals surface area contributed by atoms with Gasteiger partial charge in [-0.3, -0.25) is 14.6 Å². The first-order valence-electron chi connectivity index (χ1n) is 13.4. The molecule has 0 fully saturated rings. The fourth-order valence-electron chi connectivity index (χ4n) is 5.03. The van der Waals surface area contributed by atoms with Gasteiger partial charge in [-0.1, -0.05) is 90.5 Å². The summed E-state index contributed by atoms with van der Waals surface area (Å²) < 4.78 is 0. The molecule has 1 unspecified atom stereocenters. The SMILES string of the molecule is Cc1ccc(C=CC(=O)N(Cc2cccnc2)C(Cc2ccccc2)C(=O)N2CCc3ccccc3C2)cc1. The Labute approximate surface area is 230 Å². The molecule has 3 aromatic carbocycles. The molecule has 0 radical (unpaired) electrons. The van der Waals surface area contributed by atoms with Crippen LogP contribution >= 0.6 is 0 Å². The third kappa shape index (κ3) is 6.68. The Bertz CT molecular complexity index is 1430. The maximum absolute atomic E-state index is 14.3. The number of aromatic nitrogens is 1. The minimum atomic E-state index is -0.659. The third-order valence-electron chi connectivity index (χ3n) is 7.23. The van der Waals surface area contributed by atoms with Crippen molar-refractivity contribution in [3.05, 3.63) is 143 Å². The summed E-state index contributed by atoms with van der Waals surface area (Å²) >= 11 is 0. The number of carbonyl (C=O) groups excluding carboxylic acids is 2. The monoisotopic (exact) mass is 515 g/mol. The zero-order valence-corrected chi connectivity index (χ0v) is 22.2. The van der Waals surface area contributed by atoms with E-state index in [4.69, 9.17) is 0 Å². The van der Waals surface area contributed by atoms with Crippen molar-refractivity contribution in [2.75, 3.05) is 6.54 Å². The standard InChI is InChI=1S/C34H33N3O2/c1-26-13-15-27(16-14-26)17-18-33(38)37(24-29-10-7-20-35-23-29)32(22-28-8-3-2-4-9-28)34(39)36-21-19-30-11-5-6-12-31(30)25-36/h2-18,20,23,32H,19,21-22,24-25H2,1H3. The summed E-state index contributed by atoms with van der Waals surface area (Å²) in [6, 6.07) is 29.4. The van der Waals surface area contributed by atoms with Gasteiger partial charge in [0.2, 0.25) is 11.8 Å². The summed E-state index contributed by atoms with van der Waals surface area (Å²) in [5, 5.41) is 0. The van der Waals surface area contributed by atoms with Gasteiger partial charge in [0.1, 0.15) is 6.04 Å². The van der Waals surface area contributed by atoms with Gasteiger partial charge in [-0.05, 0) is 53.3 Å². The lowest BCUT2D eigenvalue weighted by molar-refractivity contribution is -0.144. The lowest BCUT2D eigenvalue weighted by Crippen LogP contribution is -2.52. The molecule has 2 heterocycles. The van der Waals surface area contributed by atoms with Crippen LogP contribution in [-0.2, 0) is 35.5 Å². The van der Waals surface area contributed by atoms with E-state index in [0.717, 1.165) is 28.7 Å². The average molecular weight is 516 g/mol. The number of hydrogen-bond acceptors (Lipinski definition) is 3. The molecule has 196 valence electrons. The lowest BCUT2D eigenvalue weighted by Gasteiger charge is -2.36. The van der Waals surface area contributed by atoms with E-state index in [9.17, 15) is 9.59 Å². The Hall–Kier alpha value is -4.51. The molecule has 0 saturated heterocycles. The molecule has 4 aromatic rings. The molecule has 5 heteroatoms. The van der Waals surface area contributed by atoms with Gasteiger partial charge in [0.05, 0.1) is 0 Å². The minimum absolute atomic E-state index is 0.0330. The number of rotatable bonds is 8. The first kappa shape index (κ1) is 26.1. The molecule has 1 aromatic heterocycles. The maximum atomic E-state index is 14.3. The van der Waals surface area contributed by atoms with Crippen molar-refractivity contribution in [2.45, 2.75) is 38.9 Å². The quantitative estimate of drug-likeness (QED) is 0.286. The molecule has 0 N–H and O–H groups in total. The number of fused-ring (bicyclic) bond motifs is 1. The zero-order valence-electron chi connectivity index (χ0n) is 22.2. The first-order chi connectivity index (χ1) is 19.1. The van der Waals surface area contributed by atoms with E-state index >= 15 is 0 Å². The summed E-state index contributed by atoms with van der Waals surface area (Å²) in [7, 11) is 0. The molecule has 2 amide bonds. The first-order valence-corrected chi connectivity index (χ1v) is 13.4. The van der Waals surface area contributed by atoms with Crippen LogP contribution in [0.4, 0.5) is 0 Å². The van der Waals surface area contributed by atoms with E-state index in [1.165, 1.54) is 11.1 Å². The average Bonchev–Trinajstić information content (AvgIpc) is 2.99. The molecular weight excluding hydrogens is 482 g/mol. The highest BCUT2D eigenvalue weighted by molar-refractivity contribution is 5.95. The summed E-state index contributed by atoms with van der Waals surface area (Å²) in [6.45, 7) is 3.51. The van der Waals surface area contributed by atoms with Crippen molar-refractivity contribution in [3.8, 4) is 0 Å². The second-order valence-corrected chi connectivity index (χ2v) is 10.1. The number of aryl methyl sites for hydroxylation is 1. The molecule has 1 atom stereocenters. The number of nitrogens with zero attached hydrogens (tertiary/aromatic N) is 3. The van der Waals surface area contributed by atoms with Gasteiger partial charge in [-0.2, -0.15) is 0 Å². The van der Waals surface area contributed by atoms with Gasteiger partial charge in [0, 0.05) is 44.5 Å². The topological polar surface area (TPSA) is 53.5 Å². The van der Waals surface area contributed by atoms with Gasteiger partial charge in [0.15, 0.2) is 0 Å². The molecule has 0 saturated carbocycles. The highest BCUT2D eigenvalue weighted by atomic mass is 16.2. The predicted octanol–water partition coefficient (Wildman–Crippen LogP) is 5.63. The Morgan fingerprint density at radius 2 is 1.62 bits per heavy atom. The number of amides is 2. The van der Waals surface area contributed by atoms with Crippen LogP contribution in [0.2, 0.25) is 0 Å². The van der Waals surface area contributed by atoms with Crippen molar-refractivity contribution in [2.24, 2.45) is 0 Å². The maximum Gasteiger partial charge on any atom is 0.247 e. The molecule has 1 aliphatic rings. The summed E-state index contributed by atoms with van der Waals surface area (Å²) in [5.41, 5.74) is 6.44.